The molecule has 0 N–H and O–H groups in total. The standard InChI is InChI=1S/C77H140O6/c1-4-7-10-13-16-19-22-25-28-31-33-34-35-36-37-38-39-40-41-42-44-46-49-52-55-58-61-64-67-70-76(79)82-73-74(72-81-75(78)69-66-63-60-57-54-51-48-45-30-27-24-21-18-15-12-9-6-3)83-77(80)71-68-65-62-59-56-53-50-47-43-32-29-26-23-20-17-14-11-8-5-2/h8,11,17,20,26,29,43,47,53,56,74H,4-7,9-10,12-16,18-19,21-25,27-28,30-42,44-46,48-52,54-55,57-73H2,1-3H3/b11-8-,20-17-,29-26-,47-43-,56-53-. The summed E-state index contributed by atoms with van der Waals surface area (Å²) in [6.07, 6.45) is 92.7. The number of hydrogen-bond donors (Lipinski definition) is 0. The Morgan fingerprint density at radius 3 is 0.735 bits per heavy atom. The summed E-state index contributed by atoms with van der Waals surface area (Å²) in [6, 6.07) is 0. The molecule has 0 aromatic heterocycles. The fraction of sp³-hybridized carbons (Fsp3) is 0.831. The van der Waals surface area contributed by atoms with E-state index >= 15 is 0 Å². The van der Waals surface area contributed by atoms with Crippen LogP contribution in [0.5, 0.6) is 0 Å². The van der Waals surface area contributed by atoms with Gasteiger partial charge in [-0.15, -0.1) is 0 Å². The number of allylic oxidation sites excluding steroid dienone is 10. The van der Waals surface area contributed by atoms with Crippen LogP contribution in [0.3, 0.4) is 0 Å². The van der Waals surface area contributed by atoms with Gasteiger partial charge in [0, 0.05) is 19.3 Å². The van der Waals surface area contributed by atoms with Crippen molar-refractivity contribution in [3.63, 3.8) is 0 Å². The van der Waals surface area contributed by atoms with Gasteiger partial charge < -0.3 is 14.2 Å². The Kier molecular flexibility index (Phi) is 69.1. The maximum atomic E-state index is 12.9. The van der Waals surface area contributed by atoms with E-state index in [0.717, 1.165) is 96.3 Å². The summed E-state index contributed by atoms with van der Waals surface area (Å²) in [6.45, 7) is 6.58. The lowest BCUT2D eigenvalue weighted by atomic mass is 10.0. The number of unbranched alkanes of at least 4 members (excludes halogenated alkanes) is 47. The van der Waals surface area contributed by atoms with Gasteiger partial charge in [0.2, 0.25) is 0 Å². The molecule has 0 aliphatic carbocycles. The van der Waals surface area contributed by atoms with Crippen LogP contribution in [0.1, 0.15) is 393 Å². The van der Waals surface area contributed by atoms with Crippen molar-refractivity contribution in [3.8, 4) is 0 Å². The monoisotopic (exact) mass is 1160 g/mol. The molecular formula is C77H140O6. The number of hydrogen-bond acceptors (Lipinski definition) is 6. The van der Waals surface area contributed by atoms with E-state index in [1.165, 1.54) is 257 Å². The average molecular weight is 1160 g/mol. The zero-order valence-electron chi connectivity index (χ0n) is 55.7. The van der Waals surface area contributed by atoms with Gasteiger partial charge in [-0.3, -0.25) is 14.4 Å². The first-order valence-corrected chi connectivity index (χ1v) is 36.8. The SMILES string of the molecule is CC/C=C\C/C=C\C/C=C\C/C=C\C/C=C\CCCCCC(=O)OC(COC(=O)CCCCCCCCCCCCCCCCCCC)COC(=O)CCCCCCCCCCCCCCCCCCCCCCCCCCCCCCC. The van der Waals surface area contributed by atoms with Crippen LogP contribution in [0.25, 0.3) is 0 Å². The Balaban J connectivity index is 4.27. The highest BCUT2D eigenvalue weighted by Gasteiger charge is 2.19. The first-order chi connectivity index (χ1) is 41.0. The quantitative estimate of drug-likeness (QED) is 0.0261. The van der Waals surface area contributed by atoms with Crippen LogP contribution in [-0.2, 0) is 28.6 Å². The van der Waals surface area contributed by atoms with E-state index in [1.807, 2.05) is 0 Å². The summed E-state index contributed by atoms with van der Waals surface area (Å²) in [5, 5.41) is 0. The Labute approximate surface area is 517 Å². The van der Waals surface area contributed by atoms with E-state index in [2.05, 4.69) is 81.5 Å². The van der Waals surface area contributed by atoms with Crippen molar-refractivity contribution in [2.45, 2.75) is 399 Å². The molecule has 0 rings (SSSR count). The summed E-state index contributed by atoms with van der Waals surface area (Å²) in [4.78, 5) is 38.5. The molecule has 484 valence electrons. The predicted octanol–water partition coefficient (Wildman–Crippen LogP) is 25.5. The summed E-state index contributed by atoms with van der Waals surface area (Å²) >= 11 is 0. The van der Waals surface area contributed by atoms with E-state index in [1.54, 1.807) is 0 Å². The number of carbonyl (C=O) groups excluding carboxylic acids is 3. The Hall–Kier alpha value is -2.89. The lowest BCUT2D eigenvalue weighted by molar-refractivity contribution is -0.167. The van der Waals surface area contributed by atoms with Crippen molar-refractivity contribution in [1.82, 2.24) is 0 Å². The molecule has 0 saturated heterocycles. The fourth-order valence-corrected chi connectivity index (χ4v) is 11.1. The highest BCUT2D eigenvalue weighted by Crippen LogP contribution is 2.19. The van der Waals surface area contributed by atoms with Crippen LogP contribution in [-0.4, -0.2) is 37.2 Å². The number of carbonyl (C=O) groups is 3. The van der Waals surface area contributed by atoms with Crippen molar-refractivity contribution in [2.75, 3.05) is 13.2 Å². The fourth-order valence-electron chi connectivity index (χ4n) is 11.1. The molecule has 0 aromatic rings. The van der Waals surface area contributed by atoms with Gasteiger partial charge in [0.1, 0.15) is 13.2 Å². The second-order valence-corrected chi connectivity index (χ2v) is 24.8. The minimum atomic E-state index is -0.791. The zero-order chi connectivity index (χ0) is 59.9. The highest BCUT2D eigenvalue weighted by atomic mass is 16.6. The summed E-state index contributed by atoms with van der Waals surface area (Å²) in [5.41, 5.74) is 0. The number of ether oxygens (including phenoxy) is 3. The van der Waals surface area contributed by atoms with Crippen LogP contribution < -0.4 is 0 Å². The van der Waals surface area contributed by atoms with Crippen molar-refractivity contribution in [3.05, 3.63) is 60.8 Å². The maximum absolute atomic E-state index is 12.9. The number of rotatable bonds is 68. The molecular weight excluding hydrogens is 1020 g/mol. The van der Waals surface area contributed by atoms with Crippen LogP contribution >= 0.6 is 0 Å². The topological polar surface area (TPSA) is 78.9 Å². The van der Waals surface area contributed by atoms with E-state index in [-0.39, 0.29) is 31.1 Å². The first kappa shape index (κ1) is 80.1. The second-order valence-electron chi connectivity index (χ2n) is 24.8. The molecule has 0 bridgehead atoms. The Bertz CT molecular complexity index is 1470. The molecule has 0 amide bonds. The molecule has 1 atom stereocenters. The third kappa shape index (κ3) is 69.8. The summed E-state index contributed by atoms with van der Waals surface area (Å²) < 4.78 is 17.0. The minimum absolute atomic E-state index is 0.0827. The second kappa shape index (κ2) is 71.6. The van der Waals surface area contributed by atoms with E-state index in [4.69, 9.17) is 14.2 Å². The third-order valence-corrected chi connectivity index (χ3v) is 16.5. The van der Waals surface area contributed by atoms with Crippen molar-refractivity contribution >= 4 is 17.9 Å². The molecule has 83 heavy (non-hydrogen) atoms. The van der Waals surface area contributed by atoms with Crippen LogP contribution in [0, 0.1) is 0 Å². The average Bonchev–Trinajstić information content (AvgIpc) is 3.49. The third-order valence-electron chi connectivity index (χ3n) is 16.5. The first-order valence-electron chi connectivity index (χ1n) is 36.8. The van der Waals surface area contributed by atoms with Gasteiger partial charge in [-0.05, 0) is 64.2 Å². The van der Waals surface area contributed by atoms with Gasteiger partial charge in [-0.25, -0.2) is 0 Å². The number of esters is 3. The predicted molar refractivity (Wildman–Crippen MR) is 362 cm³/mol. The highest BCUT2D eigenvalue weighted by molar-refractivity contribution is 5.71. The van der Waals surface area contributed by atoms with Gasteiger partial charge >= 0.3 is 17.9 Å². The zero-order valence-corrected chi connectivity index (χ0v) is 55.7. The smallest absolute Gasteiger partial charge is 0.306 e. The molecule has 0 heterocycles. The molecule has 0 aromatic carbocycles. The normalized spacial score (nSPS) is 12.4. The van der Waals surface area contributed by atoms with Gasteiger partial charge in [-0.2, -0.15) is 0 Å². The summed E-state index contributed by atoms with van der Waals surface area (Å²) in [7, 11) is 0. The van der Waals surface area contributed by atoms with E-state index in [0.29, 0.717) is 19.3 Å². The maximum Gasteiger partial charge on any atom is 0.306 e. The van der Waals surface area contributed by atoms with E-state index < -0.39 is 6.10 Å². The Morgan fingerprint density at radius 1 is 0.253 bits per heavy atom. The molecule has 0 saturated carbocycles. The van der Waals surface area contributed by atoms with Gasteiger partial charge in [0.25, 0.3) is 0 Å². The van der Waals surface area contributed by atoms with Crippen LogP contribution in [0.2, 0.25) is 0 Å². The lowest BCUT2D eigenvalue weighted by Crippen LogP contribution is -2.30. The van der Waals surface area contributed by atoms with Gasteiger partial charge in [-0.1, -0.05) is 370 Å². The molecule has 6 heteroatoms. The molecule has 0 radical (unpaired) electrons. The largest absolute Gasteiger partial charge is 0.462 e. The summed E-state index contributed by atoms with van der Waals surface area (Å²) in [5.74, 6) is -0.888. The van der Waals surface area contributed by atoms with Crippen LogP contribution in [0.15, 0.2) is 60.8 Å². The molecule has 0 aliphatic heterocycles. The molecule has 0 fully saturated rings. The van der Waals surface area contributed by atoms with Crippen molar-refractivity contribution in [2.24, 2.45) is 0 Å². The van der Waals surface area contributed by atoms with Crippen molar-refractivity contribution < 1.29 is 28.6 Å². The molecule has 1 unspecified atom stereocenters. The molecule has 6 nitrogen and oxygen atoms in total. The minimum Gasteiger partial charge on any atom is -0.462 e. The van der Waals surface area contributed by atoms with Gasteiger partial charge in [0.15, 0.2) is 6.10 Å². The van der Waals surface area contributed by atoms with E-state index in [9.17, 15) is 14.4 Å². The molecule has 0 spiro atoms. The Morgan fingerprint density at radius 2 is 0.470 bits per heavy atom. The lowest BCUT2D eigenvalue weighted by Gasteiger charge is -2.18. The van der Waals surface area contributed by atoms with Crippen molar-refractivity contribution in [1.29, 1.82) is 0 Å². The van der Waals surface area contributed by atoms with Crippen LogP contribution in [0.4, 0.5) is 0 Å². The molecule has 0 aliphatic rings. The van der Waals surface area contributed by atoms with Gasteiger partial charge in [0.05, 0.1) is 0 Å².